The van der Waals surface area contributed by atoms with Gasteiger partial charge in [-0.2, -0.15) is 4.31 Å². The Hall–Kier alpha value is -2.13. The van der Waals surface area contributed by atoms with Gasteiger partial charge in [0.05, 0.1) is 12.3 Å². The Morgan fingerprint density at radius 2 is 1.85 bits per heavy atom. The Morgan fingerprint density at radius 3 is 2.41 bits per heavy atom. The van der Waals surface area contributed by atoms with E-state index in [4.69, 9.17) is 4.74 Å². The number of aliphatic carboxylic acids is 1. The molecule has 150 valence electrons. The molecule has 0 spiro atoms. The van der Waals surface area contributed by atoms with Crippen molar-refractivity contribution in [3.8, 4) is 0 Å². The van der Waals surface area contributed by atoms with Gasteiger partial charge in [-0.15, -0.1) is 0 Å². The van der Waals surface area contributed by atoms with E-state index in [9.17, 15) is 23.1 Å². The van der Waals surface area contributed by atoms with E-state index < -0.39 is 33.7 Å². The monoisotopic (exact) mass is 398 g/mol. The number of carbonyl (C=O) groups excluding carboxylic acids is 1. The minimum absolute atomic E-state index is 0.0751. The molecule has 0 radical (unpaired) electrons. The van der Waals surface area contributed by atoms with Crippen molar-refractivity contribution in [3.63, 3.8) is 0 Å². The average Bonchev–Trinajstić information content (AvgIpc) is 2.54. The van der Waals surface area contributed by atoms with E-state index in [0.717, 1.165) is 9.87 Å². The Labute approximate surface area is 159 Å². The quantitative estimate of drug-likeness (QED) is 0.830. The number of aryl methyl sites for hydroxylation is 1. The summed E-state index contributed by atoms with van der Waals surface area (Å²) < 4.78 is 31.9. The summed E-state index contributed by atoms with van der Waals surface area (Å²) in [4.78, 5) is 25.2. The first-order chi connectivity index (χ1) is 12.4. The summed E-state index contributed by atoms with van der Waals surface area (Å²) in [5.41, 5.74) is 0.723. The molecule has 0 aliphatic carbocycles. The third kappa shape index (κ3) is 5.43. The van der Waals surface area contributed by atoms with Gasteiger partial charge in [0, 0.05) is 13.1 Å². The second-order valence-electron chi connectivity index (χ2n) is 7.57. The second-order valence-corrected chi connectivity index (χ2v) is 9.50. The molecule has 1 saturated heterocycles. The molecule has 0 saturated carbocycles. The fourth-order valence-corrected chi connectivity index (χ4v) is 4.63. The van der Waals surface area contributed by atoms with Crippen molar-refractivity contribution in [2.24, 2.45) is 0 Å². The van der Waals surface area contributed by atoms with E-state index in [2.05, 4.69) is 0 Å². The first-order valence-corrected chi connectivity index (χ1v) is 10.3. The number of amides is 1. The summed E-state index contributed by atoms with van der Waals surface area (Å²) in [6.07, 6.45) is -0.648. The van der Waals surface area contributed by atoms with Crippen molar-refractivity contribution < 1.29 is 27.9 Å². The highest BCUT2D eigenvalue weighted by molar-refractivity contribution is 7.88. The number of sulfonamides is 1. The molecular weight excluding hydrogens is 372 g/mol. The standard InChI is InChI=1S/C18H26N2O6S/c1-13-7-5-6-8-14(13)12-27(24,25)20-10-9-19(11-15(20)16(21)22)17(23)26-18(2,3)4/h5-8,15H,9-12H2,1-4H3,(H,21,22)/t15-/m0/s1. The maximum Gasteiger partial charge on any atom is 0.410 e. The van der Waals surface area contributed by atoms with Crippen molar-refractivity contribution in [2.45, 2.75) is 45.1 Å². The van der Waals surface area contributed by atoms with Gasteiger partial charge < -0.3 is 14.7 Å². The zero-order valence-corrected chi connectivity index (χ0v) is 16.8. The summed E-state index contributed by atoms with van der Waals surface area (Å²) in [6, 6.07) is 5.72. The number of rotatable bonds is 4. The maximum absolute atomic E-state index is 12.9. The SMILES string of the molecule is Cc1ccccc1CS(=O)(=O)N1CCN(C(=O)OC(C)(C)C)C[C@H]1C(=O)O. The van der Waals surface area contributed by atoms with Crippen LogP contribution in [0, 0.1) is 6.92 Å². The van der Waals surface area contributed by atoms with Crippen LogP contribution in [0.1, 0.15) is 31.9 Å². The Kier molecular flexibility index (Phi) is 6.16. The van der Waals surface area contributed by atoms with Crippen LogP contribution in [0.3, 0.4) is 0 Å². The first-order valence-electron chi connectivity index (χ1n) is 8.65. The molecule has 1 fully saturated rings. The van der Waals surface area contributed by atoms with Gasteiger partial charge >= 0.3 is 12.1 Å². The fraction of sp³-hybridized carbons (Fsp3) is 0.556. The predicted molar refractivity (Wildman–Crippen MR) is 99.7 cm³/mol. The number of benzene rings is 1. The highest BCUT2D eigenvalue weighted by atomic mass is 32.2. The van der Waals surface area contributed by atoms with Crippen molar-refractivity contribution in [3.05, 3.63) is 35.4 Å². The lowest BCUT2D eigenvalue weighted by atomic mass is 10.1. The number of nitrogens with zero attached hydrogens (tertiary/aromatic N) is 2. The molecule has 1 aliphatic rings. The molecular formula is C18H26N2O6S. The van der Waals surface area contributed by atoms with Gasteiger partial charge in [-0.1, -0.05) is 24.3 Å². The van der Waals surface area contributed by atoms with Crippen molar-refractivity contribution in [1.29, 1.82) is 0 Å². The van der Waals surface area contributed by atoms with Gasteiger partial charge in [0.15, 0.2) is 0 Å². The number of carboxylic acids is 1. The number of carboxylic acid groups (broad SMARTS) is 1. The van der Waals surface area contributed by atoms with Crippen LogP contribution < -0.4 is 0 Å². The lowest BCUT2D eigenvalue weighted by Gasteiger charge is -2.38. The normalized spacial score (nSPS) is 19.0. The van der Waals surface area contributed by atoms with E-state index in [1.165, 1.54) is 4.90 Å². The van der Waals surface area contributed by atoms with Crippen molar-refractivity contribution >= 4 is 22.1 Å². The Bertz CT molecular complexity index is 815. The lowest BCUT2D eigenvalue weighted by molar-refractivity contribution is -0.143. The molecule has 1 atom stereocenters. The van der Waals surface area contributed by atoms with Crippen molar-refractivity contribution in [1.82, 2.24) is 9.21 Å². The molecule has 8 nitrogen and oxygen atoms in total. The Morgan fingerprint density at radius 1 is 1.22 bits per heavy atom. The summed E-state index contributed by atoms with van der Waals surface area (Å²) >= 11 is 0. The molecule has 1 amide bonds. The number of hydrogen-bond donors (Lipinski definition) is 1. The summed E-state index contributed by atoms with van der Waals surface area (Å²) in [5, 5.41) is 9.54. The largest absolute Gasteiger partial charge is 0.480 e. The minimum atomic E-state index is -3.86. The summed E-state index contributed by atoms with van der Waals surface area (Å²) in [6.45, 7) is 6.67. The van der Waals surface area contributed by atoms with E-state index in [-0.39, 0.29) is 25.4 Å². The molecule has 0 aromatic heterocycles. The van der Waals surface area contributed by atoms with Crippen LogP contribution in [-0.2, 0) is 25.3 Å². The molecule has 1 aromatic carbocycles. The number of ether oxygens (including phenoxy) is 1. The summed E-state index contributed by atoms with van der Waals surface area (Å²) in [5.74, 6) is -1.58. The van der Waals surface area contributed by atoms with Gasteiger partial charge in [0.25, 0.3) is 0 Å². The molecule has 9 heteroatoms. The second kappa shape index (κ2) is 7.85. The van der Waals surface area contributed by atoms with E-state index in [0.29, 0.717) is 5.56 Å². The zero-order chi connectivity index (χ0) is 20.4. The van der Waals surface area contributed by atoms with Crippen LogP contribution in [0.15, 0.2) is 24.3 Å². The average molecular weight is 398 g/mol. The van der Waals surface area contributed by atoms with Gasteiger partial charge in [0.1, 0.15) is 11.6 Å². The highest BCUT2D eigenvalue weighted by Gasteiger charge is 2.41. The Balaban J connectivity index is 2.19. The maximum atomic E-state index is 12.9. The van der Waals surface area contributed by atoms with Gasteiger partial charge in [-0.3, -0.25) is 4.79 Å². The molecule has 1 aromatic rings. The molecule has 1 N–H and O–H groups in total. The van der Waals surface area contributed by atoms with Gasteiger partial charge in [-0.25, -0.2) is 13.2 Å². The third-order valence-corrected chi connectivity index (χ3v) is 6.05. The molecule has 27 heavy (non-hydrogen) atoms. The van der Waals surface area contributed by atoms with Crippen LogP contribution in [-0.4, -0.2) is 66.1 Å². The number of hydrogen-bond acceptors (Lipinski definition) is 5. The van der Waals surface area contributed by atoms with Crippen LogP contribution in [0.5, 0.6) is 0 Å². The van der Waals surface area contributed by atoms with Crippen molar-refractivity contribution in [2.75, 3.05) is 19.6 Å². The minimum Gasteiger partial charge on any atom is -0.480 e. The van der Waals surface area contributed by atoms with Gasteiger partial charge in [0.2, 0.25) is 10.0 Å². The highest BCUT2D eigenvalue weighted by Crippen LogP contribution is 2.21. The smallest absolute Gasteiger partial charge is 0.410 e. The summed E-state index contributed by atoms with van der Waals surface area (Å²) in [7, 11) is -3.86. The van der Waals surface area contributed by atoms with E-state index in [1.54, 1.807) is 45.9 Å². The number of piperazine rings is 1. The molecule has 1 aliphatic heterocycles. The molecule has 0 unspecified atom stereocenters. The molecule has 2 rings (SSSR count). The zero-order valence-electron chi connectivity index (χ0n) is 16.0. The first kappa shape index (κ1) is 21.2. The topological polar surface area (TPSA) is 104 Å². The van der Waals surface area contributed by atoms with Crippen LogP contribution in [0.25, 0.3) is 0 Å². The fourth-order valence-electron chi connectivity index (χ4n) is 2.84. The van der Waals surface area contributed by atoms with Crippen LogP contribution in [0.2, 0.25) is 0 Å². The van der Waals surface area contributed by atoms with Gasteiger partial charge in [-0.05, 0) is 38.8 Å². The molecule has 1 heterocycles. The number of carbonyl (C=O) groups is 2. The van der Waals surface area contributed by atoms with E-state index in [1.807, 2.05) is 6.07 Å². The third-order valence-electron chi connectivity index (χ3n) is 4.22. The lowest BCUT2D eigenvalue weighted by Crippen LogP contribution is -2.59. The molecule has 0 bridgehead atoms. The van der Waals surface area contributed by atoms with Crippen LogP contribution in [0.4, 0.5) is 4.79 Å². The predicted octanol–water partition coefficient (Wildman–Crippen LogP) is 1.83. The van der Waals surface area contributed by atoms with Crippen LogP contribution >= 0.6 is 0 Å². The van der Waals surface area contributed by atoms with E-state index >= 15 is 0 Å².